The number of nitrogens with zero attached hydrogens (tertiary/aromatic N) is 2. The van der Waals surface area contributed by atoms with E-state index in [1.165, 1.54) is 18.4 Å². The summed E-state index contributed by atoms with van der Waals surface area (Å²) in [5.41, 5.74) is 2.20. The predicted octanol–water partition coefficient (Wildman–Crippen LogP) is 3.58. The molecule has 1 aromatic heterocycles. The fraction of sp³-hybridized carbons (Fsp3) is 0.600. The molecule has 0 bridgehead atoms. The van der Waals surface area contributed by atoms with Crippen LogP contribution in [-0.2, 0) is 17.8 Å². The van der Waals surface area contributed by atoms with Crippen molar-refractivity contribution in [3.63, 3.8) is 0 Å². The molecule has 1 aliphatic rings. The third-order valence-electron chi connectivity index (χ3n) is 5.42. The number of carbonyl (C=O) groups excluding carboxylic acids is 1. The molecule has 3 rings (SSSR count). The number of nitrogens with one attached hydrogen (secondary N) is 2. The van der Waals surface area contributed by atoms with Crippen LogP contribution in [0.2, 0.25) is 0 Å². The van der Waals surface area contributed by atoms with Gasteiger partial charge in [-0.2, -0.15) is 0 Å². The highest BCUT2D eigenvalue weighted by atomic mass is 35.5. The Labute approximate surface area is 174 Å². The molecule has 27 heavy (non-hydrogen) atoms. The van der Waals surface area contributed by atoms with Gasteiger partial charge in [0, 0.05) is 25.9 Å². The minimum Gasteiger partial charge on any atom is -0.356 e. The van der Waals surface area contributed by atoms with Gasteiger partial charge in [0.15, 0.2) is 0 Å². The number of carbonyl (C=O) groups is 1. The van der Waals surface area contributed by atoms with Gasteiger partial charge in [-0.3, -0.25) is 4.79 Å². The van der Waals surface area contributed by atoms with Gasteiger partial charge in [0.1, 0.15) is 5.82 Å². The second kappa shape index (κ2) is 11.5. The van der Waals surface area contributed by atoms with Crippen molar-refractivity contribution < 1.29 is 4.79 Å². The van der Waals surface area contributed by atoms with E-state index >= 15 is 0 Å². The number of hydrogen-bond acceptors (Lipinski definition) is 3. The van der Waals surface area contributed by atoms with Crippen LogP contribution in [-0.4, -0.2) is 35.1 Å². The molecule has 1 unspecified atom stereocenters. The monoisotopic (exact) mass is 414 g/mol. The topological polar surface area (TPSA) is 59.0 Å². The minimum absolute atomic E-state index is 0. The van der Waals surface area contributed by atoms with Gasteiger partial charge in [-0.1, -0.05) is 19.1 Å². The van der Waals surface area contributed by atoms with Crippen LogP contribution in [0.4, 0.5) is 0 Å². The third kappa shape index (κ3) is 6.09. The normalized spacial score (nSPS) is 15.6. The number of rotatable bonds is 7. The van der Waals surface area contributed by atoms with E-state index < -0.39 is 0 Å². The zero-order valence-corrected chi connectivity index (χ0v) is 17.9. The second-order valence-corrected chi connectivity index (χ2v) is 7.13. The molecule has 152 valence electrons. The highest BCUT2D eigenvalue weighted by Crippen LogP contribution is 2.24. The fourth-order valence-electron chi connectivity index (χ4n) is 3.93. The molecule has 7 heteroatoms. The molecule has 1 amide bonds. The second-order valence-electron chi connectivity index (χ2n) is 7.13. The minimum atomic E-state index is 0. The van der Waals surface area contributed by atoms with Gasteiger partial charge < -0.3 is 15.2 Å². The Morgan fingerprint density at radius 1 is 1.30 bits per heavy atom. The Kier molecular flexibility index (Phi) is 10.1. The first-order valence-corrected chi connectivity index (χ1v) is 9.60. The molecule has 2 N–H and O–H groups in total. The van der Waals surface area contributed by atoms with E-state index in [1.807, 2.05) is 18.2 Å². The highest BCUT2D eigenvalue weighted by molar-refractivity contribution is 5.85. The maximum atomic E-state index is 12.3. The molecule has 2 aromatic rings. The Bertz CT molecular complexity index is 713. The molecule has 0 radical (unpaired) electrons. The first-order chi connectivity index (χ1) is 12.2. The SMILES string of the molecule is CCn1c(CCNC(=O)CC(C)C2CCNCC2)nc2ccccc21.Cl.Cl. The lowest BCUT2D eigenvalue weighted by Gasteiger charge is -2.27. The Morgan fingerprint density at radius 2 is 2.00 bits per heavy atom. The van der Waals surface area contributed by atoms with Crippen LogP contribution in [0.3, 0.4) is 0 Å². The molecule has 1 aromatic carbocycles. The van der Waals surface area contributed by atoms with Crippen LogP contribution in [0.15, 0.2) is 24.3 Å². The van der Waals surface area contributed by atoms with E-state index in [0.717, 1.165) is 37.4 Å². The number of benzene rings is 1. The number of fused-ring (bicyclic) bond motifs is 1. The van der Waals surface area contributed by atoms with Crippen LogP contribution in [0, 0.1) is 11.8 Å². The third-order valence-corrected chi connectivity index (χ3v) is 5.42. The summed E-state index contributed by atoms with van der Waals surface area (Å²) in [7, 11) is 0. The van der Waals surface area contributed by atoms with Crippen molar-refractivity contribution in [3.05, 3.63) is 30.1 Å². The average molecular weight is 415 g/mol. The number of aromatic nitrogens is 2. The van der Waals surface area contributed by atoms with Gasteiger partial charge in [0.05, 0.1) is 11.0 Å². The predicted molar refractivity (Wildman–Crippen MR) is 116 cm³/mol. The summed E-state index contributed by atoms with van der Waals surface area (Å²) in [6.07, 6.45) is 3.79. The zero-order valence-electron chi connectivity index (χ0n) is 16.2. The number of piperidine rings is 1. The van der Waals surface area contributed by atoms with Gasteiger partial charge in [-0.25, -0.2) is 4.98 Å². The van der Waals surface area contributed by atoms with E-state index in [2.05, 4.69) is 35.1 Å². The van der Waals surface area contributed by atoms with Crippen molar-refractivity contribution in [1.29, 1.82) is 0 Å². The molecular weight excluding hydrogens is 383 g/mol. The summed E-state index contributed by atoms with van der Waals surface area (Å²) in [4.78, 5) is 17.0. The van der Waals surface area contributed by atoms with E-state index in [4.69, 9.17) is 4.98 Å². The van der Waals surface area contributed by atoms with Gasteiger partial charge in [-0.15, -0.1) is 24.8 Å². The van der Waals surface area contributed by atoms with Crippen molar-refractivity contribution >= 4 is 41.8 Å². The molecule has 1 fully saturated rings. The quantitative estimate of drug-likeness (QED) is 0.727. The molecular formula is C20H32Cl2N4O. The maximum Gasteiger partial charge on any atom is 0.220 e. The number of amides is 1. The molecule has 0 spiro atoms. The summed E-state index contributed by atoms with van der Waals surface area (Å²) in [6.45, 7) is 8.08. The van der Waals surface area contributed by atoms with Crippen LogP contribution >= 0.6 is 24.8 Å². The molecule has 1 aliphatic heterocycles. The van der Waals surface area contributed by atoms with E-state index in [9.17, 15) is 4.79 Å². The lowest BCUT2D eigenvalue weighted by atomic mass is 9.84. The average Bonchev–Trinajstić information content (AvgIpc) is 2.99. The van der Waals surface area contributed by atoms with Crippen LogP contribution < -0.4 is 10.6 Å². The summed E-state index contributed by atoms with van der Waals surface area (Å²) < 4.78 is 2.24. The van der Waals surface area contributed by atoms with E-state index in [0.29, 0.717) is 24.8 Å². The van der Waals surface area contributed by atoms with Crippen molar-refractivity contribution in [3.8, 4) is 0 Å². The molecule has 0 aliphatic carbocycles. The summed E-state index contributed by atoms with van der Waals surface area (Å²) in [5.74, 6) is 2.36. The fourth-order valence-corrected chi connectivity index (χ4v) is 3.93. The largest absolute Gasteiger partial charge is 0.356 e. The number of hydrogen-bond donors (Lipinski definition) is 2. The maximum absolute atomic E-state index is 12.3. The standard InChI is InChI=1S/C20H30N4O.2ClH/c1-3-24-18-7-5-4-6-17(18)23-19(24)10-13-22-20(25)14-15(2)16-8-11-21-12-9-16;;/h4-7,15-16,21H,3,8-14H2,1-2H3,(H,22,25);2*1H. The number of halogens is 2. The van der Waals surface area contributed by atoms with Crippen LogP contribution in [0.25, 0.3) is 11.0 Å². The van der Waals surface area contributed by atoms with Crippen molar-refractivity contribution in [2.24, 2.45) is 11.8 Å². The van der Waals surface area contributed by atoms with Crippen LogP contribution in [0.5, 0.6) is 0 Å². The number of aryl methyl sites for hydroxylation is 1. The van der Waals surface area contributed by atoms with Crippen molar-refractivity contribution in [2.75, 3.05) is 19.6 Å². The smallest absolute Gasteiger partial charge is 0.220 e. The molecule has 0 saturated carbocycles. The summed E-state index contributed by atoms with van der Waals surface area (Å²) in [5, 5.41) is 6.48. The number of para-hydroxylation sites is 2. The Morgan fingerprint density at radius 3 is 2.70 bits per heavy atom. The molecule has 1 saturated heterocycles. The molecule has 5 nitrogen and oxygen atoms in total. The Hall–Kier alpha value is -1.30. The van der Waals surface area contributed by atoms with Gasteiger partial charge in [0.25, 0.3) is 0 Å². The lowest BCUT2D eigenvalue weighted by molar-refractivity contribution is -0.122. The van der Waals surface area contributed by atoms with Crippen molar-refractivity contribution in [1.82, 2.24) is 20.2 Å². The van der Waals surface area contributed by atoms with E-state index in [-0.39, 0.29) is 30.7 Å². The van der Waals surface area contributed by atoms with Gasteiger partial charge >= 0.3 is 0 Å². The first-order valence-electron chi connectivity index (χ1n) is 9.60. The summed E-state index contributed by atoms with van der Waals surface area (Å²) in [6, 6.07) is 8.21. The lowest BCUT2D eigenvalue weighted by Crippen LogP contribution is -2.34. The summed E-state index contributed by atoms with van der Waals surface area (Å²) >= 11 is 0. The highest BCUT2D eigenvalue weighted by Gasteiger charge is 2.21. The molecule has 1 atom stereocenters. The van der Waals surface area contributed by atoms with Gasteiger partial charge in [0.2, 0.25) is 5.91 Å². The molecule has 2 heterocycles. The number of imidazole rings is 1. The first kappa shape index (κ1) is 23.7. The van der Waals surface area contributed by atoms with Crippen LogP contribution in [0.1, 0.15) is 38.9 Å². The zero-order chi connectivity index (χ0) is 17.6. The van der Waals surface area contributed by atoms with Gasteiger partial charge in [-0.05, 0) is 56.8 Å². The van der Waals surface area contributed by atoms with E-state index in [1.54, 1.807) is 0 Å². The van der Waals surface area contributed by atoms with Crippen molar-refractivity contribution in [2.45, 2.75) is 46.1 Å². The Balaban J connectivity index is 0.00000182.